The summed E-state index contributed by atoms with van der Waals surface area (Å²) in [7, 11) is 0. The van der Waals surface area contributed by atoms with Crippen LogP contribution in [-0.2, 0) is 0 Å². The van der Waals surface area contributed by atoms with Crippen molar-refractivity contribution in [3.8, 4) is 23.0 Å². The van der Waals surface area contributed by atoms with Gasteiger partial charge < -0.3 is 14.2 Å². The molecular weight excluding hydrogens is 334 g/mol. The molecule has 2 rings (SSSR count). The molecule has 26 heavy (non-hydrogen) atoms. The predicted molar refractivity (Wildman–Crippen MR) is 100 cm³/mol. The van der Waals surface area contributed by atoms with Gasteiger partial charge in [0, 0.05) is 18.2 Å². The van der Waals surface area contributed by atoms with E-state index >= 15 is 0 Å². The highest BCUT2D eigenvalue weighted by Gasteiger charge is 2.11. The number of unbranched alkanes of at least 4 members (excludes halogenated alkanes) is 2. The average molecular weight is 359 g/mol. The zero-order valence-electron chi connectivity index (χ0n) is 15.3. The van der Waals surface area contributed by atoms with E-state index in [0.717, 1.165) is 25.7 Å². The maximum atomic E-state index is 10.8. The van der Waals surface area contributed by atoms with Crippen LogP contribution in [0.25, 0.3) is 0 Å². The maximum absolute atomic E-state index is 10.8. The lowest BCUT2D eigenvalue weighted by Gasteiger charge is -2.14. The Balaban J connectivity index is 2.17. The molecule has 6 heteroatoms. The molecule has 0 N–H and O–H groups in total. The second-order valence-corrected chi connectivity index (χ2v) is 5.87. The van der Waals surface area contributed by atoms with Crippen molar-refractivity contribution in [2.45, 2.75) is 39.5 Å². The highest BCUT2D eigenvalue weighted by Crippen LogP contribution is 2.35. The molecule has 0 heterocycles. The van der Waals surface area contributed by atoms with Gasteiger partial charge in [-0.25, -0.2) is 0 Å². The van der Waals surface area contributed by atoms with Crippen molar-refractivity contribution in [3.63, 3.8) is 0 Å². The Labute approximate surface area is 153 Å². The van der Waals surface area contributed by atoms with Crippen molar-refractivity contribution in [3.05, 3.63) is 52.6 Å². The molecule has 0 unspecified atom stereocenters. The number of ether oxygens (including phenoxy) is 3. The van der Waals surface area contributed by atoms with Crippen LogP contribution < -0.4 is 14.2 Å². The molecule has 0 aliphatic rings. The number of benzene rings is 2. The number of nitro benzene ring substituents is 1. The van der Waals surface area contributed by atoms with E-state index in [4.69, 9.17) is 14.2 Å². The van der Waals surface area contributed by atoms with Gasteiger partial charge in [-0.2, -0.15) is 0 Å². The van der Waals surface area contributed by atoms with Crippen molar-refractivity contribution in [1.29, 1.82) is 0 Å². The normalized spacial score (nSPS) is 10.4. The molecule has 0 aromatic heterocycles. The van der Waals surface area contributed by atoms with E-state index in [1.807, 2.05) is 12.1 Å². The van der Waals surface area contributed by atoms with Crippen LogP contribution in [0.5, 0.6) is 23.0 Å². The minimum Gasteiger partial charge on any atom is -0.493 e. The molecule has 0 saturated carbocycles. The molecular formula is C20H25NO5. The average Bonchev–Trinajstić information content (AvgIpc) is 2.64. The van der Waals surface area contributed by atoms with Crippen molar-refractivity contribution >= 4 is 5.69 Å². The molecule has 0 atom stereocenters. The topological polar surface area (TPSA) is 70.8 Å². The minimum atomic E-state index is -0.439. The fourth-order valence-corrected chi connectivity index (χ4v) is 2.20. The summed E-state index contributed by atoms with van der Waals surface area (Å²) < 4.78 is 17.4. The monoisotopic (exact) mass is 359 g/mol. The minimum absolute atomic E-state index is 0.0217. The summed E-state index contributed by atoms with van der Waals surface area (Å²) in [5.74, 6) is 2.36. The molecule has 0 saturated heterocycles. The first-order valence-electron chi connectivity index (χ1n) is 8.96. The van der Waals surface area contributed by atoms with Crippen molar-refractivity contribution in [2.24, 2.45) is 0 Å². The van der Waals surface area contributed by atoms with Gasteiger partial charge in [-0.15, -0.1) is 0 Å². The van der Waals surface area contributed by atoms with Crippen LogP contribution in [0.4, 0.5) is 5.69 Å². The number of nitro groups is 1. The van der Waals surface area contributed by atoms with E-state index in [2.05, 4.69) is 13.8 Å². The summed E-state index contributed by atoms with van der Waals surface area (Å²) in [6.07, 6.45) is 4.03. The van der Waals surface area contributed by atoms with Crippen LogP contribution in [0.1, 0.15) is 39.5 Å². The van der Waals surface area contributed by atoms with Gasteiger partial charge in [-0.05, 0) is 37.1 Å². The quantitative estimate of drug-likeness (QED) is 0.290. The first kappa shape index (κ1) is 19.6. The molecule has 0 radical (unpaired) electrons. The number of nitrogens with zero attached hydrogens (tertiary/aromatic N) is 1. The van der Waals surface area contributed by atoms with E-state index in [1.54, 1.807) is 18.2 Å². The standard InChI is InChI=1S/C20H25NO5/c1-3-5-13-24-18-11-12-19(25-14-6-4-2)20(15-18)26-17-9-7-16(8-10-17)21(22)23/h7-12,15H,3-6,13-14H2,1-2H3. The third-order valence-electron chi connectivity index (χ3n) is 3.71. The van der Waals surface area contributed by atoms with Crippen LogP contribution in [-0.4, -0.2) is 18.1 Å². The largest absolute Gasteiger partial charge is 0.493 e. The molecule has 0 aliphatic carbocycles. The van der Waals surface area contributed by atoms with Gasteiger partial charge >= 0.3 is 0 Å². The Bertz CT molecular complexity index is 700. The van der Waals surface area contributed by atoms with Gasteiger partial charge in [0.05, 0.1) is 18.1 Å². The summed E-state index contributed by atoms with van der Waals surface area (Å²) in [5.41, 5.74) is 0.0217. The lowest BCUT2D eigenvalue weighted by molar-refractivity contribution is -0.384. The SMILES string of the molecule is CCCCOc1ccc(OCCCC)c(Oc2ccc([N+](=O)[O-])cc2)c1. The molecule has 0 aliphatic heterocycles. The van der Waals surface area contributed by atoms with Gasteiger partial charge in [0.1, 0.15) is 11.5 Å². The van der Waals surface area contributed by atoms with E-state index < -0.39 is 4.92 Å². The first-order chi connectivity index (χ1) is 12.6. The van der Waals surface area contributed by atoms with E-state index in [-0.39, 0.29) is 5.69 Å². The lowest BCUT2D eigenvalue weighted by atomic mass is 10.2. The van der Waals surface area contributed by atoms with Crippen molar-refractivity contribution < 1.29 is 19.1 Å². The maximum Gasteiger partial charge on any atom is 0.269 e. The number of non-ortho nitro benzene ring substituents is 1. The van der Waals surface area contributed by atoms with Crippen LogP contribution in [0.2, 0.25) is 0 Å². The Morgan fingerprint density at radius 3 is 2.08 bits per heavy atom. The Hall–Kier alpha value is -2.76. The molecule has 2 aromatic carbocycles. The Kier molecular flexibility index (Phi) is 7.74. The second-order valence-electron chi connectivity index (χ2n) is 5.87. The molecule has 2 aromatic rings. The van der Waals surface area contributed by atoms with Crippen molar-refractivity contribution in [2.75, 3.05) is 13.2 Å². The smallest absolute Gasteiger partial charge is 0.269 e. The third-order valence-corrected chi connectivity index (χ3v) is 3.71. The molecule has 0 amide bonds. The lowest BCUT2D eigenvalue weighted by Crippen LogP contribution is -2.00. The van der Waals surface area contributed by atoms with E-state index in [0.29, 0.717) is 36.2 Å². The second kappa shape index (κ2) is 10.3. The van der Waals surface area contributed by atoms with E-state index in [9.17, 15) is 10.1 Å². The van der Waals surface area contributed by atoms with Gasteiger partial charge in [0.25, 0.3) is 5.69 Å². The van der Waals surface area contributed by atoms with Crippen LogP contribution in [0.3, 0.4) is 0 Å². The highest BCUT2D eigenvalue weighted by atomic mass is 16.6. The fourth-order valence-electron chi connectivity index (χ4n) is 2.20. The number of rotatable bonds is 11. The number of hydrogen-bond donors (Lipinski definition) is 0. The van der Waals surface area contributed by atoms with Gasteiger partial charge in [-0.1, -0.05) is 26.7 Å². The summed E-state index contributed by atoms with van der Waals surface area (Å²) in [5, 5.41) is 10.8. The third kappa shape index (κ3) is 5.95. The zero-order valence-corrected chi connectivity index (χ0v) is 15.3. The molecule has 0 bridgehead atoms. The van der Waals surface area contributed by atoms with Gasteiger partial charge in [0.2, 0.25) is 0 Å². The van der Waals surface area contributed by atoms with Gasteiger partial charge in [0.15, 0.2) is 11.5 Å². The van der Waals surface area contributed by atoms with Crippen LogP contribution in [0, 0.1) is 10.1 Å². The molecule has 140 valence electrons. The summed E-state index contributed by atoms with van der Waals surface area (Å²) in [6.45, 7) is 5.45. The highest BCUT2D eigenvalue weighted by molar-refractivity contribution is 5.48. The molecule has 0 spiro atoms. The Morgan fingerprint density at radius 1 is 0.846 bits per heavy atom. The summed E-state index contributed by atoms with van der Waals surface area (Å²) >= 11 is 0. The Morgan fingerprint density at radius 2 is 1.46 bits per heavy atom. The van der Waals surface area contributed by atoms with Gasteiger partial charge in [-0.3, -0.25) is 10.1 Å². The van der Waals surface area contributed by atoms with Crippen LogP contribution >= 0.6 is 0 Å². The summed E-state index contributed by atoms with van der Waals surface area (Å²) in [6, 6.07) is 11.4. The summed E-state index contributed by atoms with van der Waals surface area (Å²) in [4.78, 5) is 10.3. The first-order valence-corrected chi connectivity index (χ1v) is 8.96. The van der Waals surface area contributed by atoms with Crippen molar-refractivity contribution in [1.82, 2.24) is 0 Å². The predicted octanol–water partition coefficient (Wildman–Crippen LogP) is 5.74. The zero-order chi connectivity index (χ0) is 18.8. The van der Waals surface area contributed by atoms with E-state index in [1.165, 1.54) is 12.1 Å². The number of hydrogen-bond acceptors (Lipinski definition) is 5. The molecule has 6 nitrogen and oxygen atoms in total. The van der Waals surface area contributed by atoms with Crippen LogP contribution in [0.15, 0.2) is 42.5 Å². The molecule has 0 fully saturated rings. The fraction of sp³-hybridized carbons (Fsp3) is 0.400.